The summed E-state index contributed by atoms with van der Waals surface area (Å²) in [5.41, 5.74) is 3.03. The van der Waals surface area contributed by atoms with Gasteiger partial charge in [0, 0.05) is 5.56 Å². The lowest BCUT2D eigenvalue weighted by Gasteiger charge is -2.08. The molecule has 0 fully saturated rings. The lowest BCUT2D eigenvalue weighted by atomic mass is 10.0. The van der Waals surface area contributed by atoms with E-state index in [0.717, 1.165) is 22.6 Å². The van der Waals surface area contributed by atoms with Gasteiger partial charge in [-0.15, -0.1) is 0 Å². The Kier molecular flexibility index (Phi) is 2.69. The molecule has 2 N–H and O–H groups in total. The molecule has 86 valence electrons. The molecule has 0 aliphatic carbocycles. The normalized spacial score (nSPS) is 10.7. The van der Waals surface area contributed by atoms with Gasteiger partial charge in [0.2, 0.25) is 0 Å². The van der Waals surface area contributed by atoms with Crippen molar-refractivity contribution in [2.45, 2.75) is 6.61 Å². The SMILES string of the molecule is [2H]NC(=O)OCc1ccc(C=O)c2ccccc12. The Balaban J connectivity index is 2.40. The molecule has 0 spiro atoms. The zero-order chi connectivity index (χ0) is 13.0. The van der Waals surface area contributed by atoms with Crippen LogP contribution in [-0.2, 0) is 11.3 Å². The number of carbonyl (C=O) groups excluding carboxylic acids is 2. The van der Waals surface area contributed by atoms with E-state index in [4.69, 9.17) is 6.15 Å². The molecule has 0 bridgehead atoms. The smallest absolute Gasteiger partial charge is 0.404 e. The van der Waals surface area contributed by atoms with Gasteiger partial charge in [0.25, 0.3) is 0 Å². The van der Waals surface area contributed by atoms with E-state index in [1.165, 1.54) is 0 Å². The zero-order valence-corrected chi connectivity index (χ0v) is 8.97. The molecule has 4 heteroatoms. The fraction of sp³-hybridized carbons (Fsp3) is 0.0769. The van der Waals surface area contributed by atoms with E-state index in [2.05, 4.69) is 0 Å². The second-order valence-corrected chi connectivity index (χ2v) is 3.55. The number of benzene rings is 2. The van der Waals surface area contributed by atoms with Crippen LogP contribution in [0.4, 0.5) is 4.79 Å². The summed E-state index contributed by atoms with van der Waals surface area (Å²) in [5.74, 6) is 0. The van der Waals surface area contributed by atoms with Gasteiger partial charge in [0.15, 0.2) is 7.70 Å². The molecule has 0 aliphatic heterocycles. The quantitative estimate of drug-likeness (QED) is 0.822. The number of amides is 1. The third kappa shape index (κ3) is 2.25. The maximum Gasteiger partial charge on any atom is 0.404 e. The molecule has 0 saturated carbocycles. The third-order valence-corrected chi connectivity index (χ3v) is 2.53. The summed E-state index contributed by atoms with van der Waals surface area (Å²) < 4.78 is 11.5. The van der Waals surface area contributed by atoms with Crippen LogP contribution in [0.3, 0.4) is 0 Å². The first-order valence-electron chi connectivity index (χ1n) is 5.56. The van der Waals surface area contributed by atoms with Crippen molar-refractivity contribution in [3.8, 4) is 0 Å². The first kappa shape index (κ1) is 9.84. The fourth-order valence-electron chi connectivity index (χ4n) is 1.76. The predicted octanol–water partition coefficient (Wildman–Crippen LogP) is 2.25. The van der Waals surface area contributed by atoms with Gasteiger partial charge in [-0.05, 0) is 16.3 Å². The van der Waals surface area contributed by atoms with E-state index >= 15 is 0 Å². The largest absolute Gasteiger partial charge is 0.445 e. The van der Waals surface area contributed by atoms with Gasteiger partial charge in [0.1, 0.15) is 6.61 Å². The highest BCUT2D eigenvalue weighted by atomic mass is 16.5. The number of ether oxygens (including phenoxy) is 1. The molecule has 0 atom stereocenters. The number of carbonyl (C=O) groups is 2. The topological polar surface area (TPSA) is 69.4 Å². The van der Waals surface area contributed by atoms with E-state index in [1.54, 1.807) is 17.9 Å². The van der Waals surface area contributed by atoms with Crippen molar-refractivity contribution in [3.63, 3.8) is 0 Å². The highest BCUT2D eigenvalue weighted by molar-refractivity contribution is 5.99. The highest BCUT2D eigenvalue weighted by Crippen LogP contribution is 2.22. The van der Waals surface area contributed by atoms with Crippen LogP contribution in [0.5, 0.6) is 0 Å². The van der Waals surface area contributed by atoms with E-state index in [0.29, 0.717) is 5.56 Å². The summed E-state index contributed by atoms with van der Waals surface area (Å²) in [4.78, 5) is 21.8. The van der Waals surface area contributed by atoms with Gasteiger partial charge >= 0.3 is 6.09 Å². The minimum absolute atomic E-state index is 0.0599. The van der Waals surface area contributed by atoms with Gasteiger partial charge < -0.3 is 10.5 Å². The van der Waals surface area contributed by atoms with Crippen LogP contribution in [0, 0.1) is 0 Å². The fourth-order valence-corrected chi connectivity index (χ4v) is 1.76. The van der Waals surface area contributed by atoms with Gasteiger partial charge in [-0.1, -0.05) is 36.4 Å². The molecule has 0 radical (unpaired) electrons. The Bertz CT molecular complexity index is 598. The third-order valence-electron chi connectivity index (χ3n) is 2.53. The zero-order valence-electron chi connectivity index (χ0n) is 9.97. The molecule has 4 nitrogen and oxygen atoms in total. The summed E-state index contributed by atoms with van der Waals surface area (Å²) >= 11 is 0. The molecule has 0 heterocycles. The monoisotopic (exact) mass is 230 g/mol. The Hall–Kier alpha value is -2.36. The van der Waals surface area contributed by atoms with Crippen molar-refractivity contribution in [2.24, 2.45) is 5.73 Å². The van der Waals surface area contributed by atoms with Crippen LogP contribution in [0.15, 0.2) is 36.4 Å². The highest BCUT2D eigenvalue weighted by Gasteiger charge is 2.06. The van der Waals surface area contributed by atoms with Crippen LogP contribution in [0.2, 0.25) is 1.41 Å². The summed E-state index contributed by atoms with van der Waals surface area (Å²) in [6.07, 6.45) is -0.0118. The Labute approximate surface area is 99.4 Å². The minimum atomic E-state index is -0.807. The van der Waals surface area contributed by atoms with Crippen molar-refractivity contribution in [1.82, 2.24) is 0 Å². The Morgan fingerprint density at radius 1 is 1.29 bits per heavy atom. The van der Waals surface area contributed by atoms with Crippen molar-refractivity contribution in [2.75, 3.05) is 0 Å². The maximum absolute atomic E-state index is 10.9. The first-order valence-corrected chi connectivity index (χ1v) is 5.06. The average molecular weight is 230 g/mol. The van der Waals surface area contributed by atoms with E-state index in [9.17, 15) is 9.59 Å². The summed E-state index contributed by atoms with van der Waals surface area (Å²) in [5, 5.41) is 1.68. The number of aldehydes is 1. The molecule has 2 aromatic carbocycles. The average Bonchev–Trinajstić information content (AvgIpc) is 2.44. The number of primary amides is 1. The summed E-state index contributed by atoms with van der Waals surface area (Å²) in [6, 6.07) is 10.8. The van der Waals surface area contributed by atoms with E-state index in [-0.39, 0.29) is 6.61 Å². The molecule has 2 rings (SSSR count). The Morgan fingerprint density at radius 3 is 2.76 bits per heavy atom. The van der Waals surface area contributed by atoms with E-state index in [1.807, 2.05) is 24.3 Å². The van der Waals surface area contributed by atoms with Crippen LogP contribution in [0.1, 0.15) is 15.9 Å². The van der Waals surface area contributed by atoms with Crippen LogP contribution < -0.4 is 5.73 Å². The summed E-state index contributed by atoms with van der Waals surface area (Å²) in [7, 11) is 0. The number of nitrogens with two attached hydrogens (primary N) is 1. The van der Waals surface area contributed by atoms with Crippen LogP contribution in [0.25, 0.3) is 10.8 Å². The Morgan fingerprint density at radius 2 is 2.06 bits per heavy atom. The predicted molar refractivity (Wildman–Crippen MR) is 63.7 cm³/mol. The number of rotatable bonds is 3. The molecule has 0 unspecified atom stereocenters. The molecular weight excluding hydrogens is 218 g/mol. The number of hydrogen-bond donors (Lipinski definition) is 1. The molecule has 2 aromatic rings. The van der Waals surface area contributed by atoms with Gasteiger partial charge in [0.05, 0.1) is 0 Å². The molecule has 0 aromatic heterocycles. The van der Waals surface area contributed by atoms with Crippen molar-refractivity contribution in [3.05, 3.63) is 47.5 Å². The van der Waals surface area contributed by atoms with Crippen molar-refractivity contribution in [1.29, 1.82) is 0 Å². The van der Waals surface area contributed by atoms with E-state index < -0.39 is 6.09 Å². The van der Waals surface area contributed by atoms with Gasteiger partial charge in [-0.25, -0.2) is 4.79 Å². The first-order chi connectivity index (χ1) is 8.76. The molecule has 1 amide bonds. The lowest BCUT2D eigenvalue weighted by molar-refractivity contribution is 0.112. The van der Waals surface area contributed by atoms with Gasteiger partial charge in [-0.2, -0.15) is 0 Å². The molecule has 0 aliphatic rings. The molecule has 0 saturated heterocycles. The minimum Gasteiger partial charge on any atom is -0.445 e. The molecule has 17 heavy (non-hydrogen) atoms. The van der Waals surface area contributed by atoms with Crippen molar-refractivity contribution >= 4 is 23.2 Å². The molecular formula is C13H11NO3. The van der Waals surface area contributed by atoms with Gasteiger partial charge in [-0.3, -0.25) is 4.79 Å². The second-order valence-electron chi connectivity index (χ2n) is 3.55. The van der Waals surface area contributed by atoms with Crippen LogP contribution in [-0.4, -0.2) is 12.4 Å². The summed E-state index contributed by atoms with van der Waals surface area (Å²) in [6.45, 7) is 0.0599. The van der Waals surface area contributed by atoms with Crippen LogP contribution >= 0.6 is 0 Å². The standard InChI is InChI=1S/C13H11NO3/c14-13(16)17-8-10-6-5-9(7-15)11-3-1-2-4-12(10)11/h1-7H,8H2,(H2,14,16)/i/hD. The maximum atomic E-state index is 10.9. The lowest BCUT2D eigenvalue weighted by Crippen LogP contribution is -2.12. The van der Waals surface area contributed by atoms with Crippen molar-refractivity contribution < 1.29 is 15.7 Å². The number of hydrogen-bond acceptors (Lipinski definition) is 3. The number of fused-ring (bicyclic) bond motifs is 1. The second kappa shape index (κ2) is 4.65.